The van der Waals surface area contributed by atoms with E-state index in [1.807, 2.05) is 12.1 Å². The van der Waals surface area contributed by atoms with E-state index in [1.54, 1.807) is 5.38 Å². The van der Waals surface area contributed by atoms with E-state index in [9.17, 15) is 4.79 Å². The average molecular weight is 332 g/mol. The minimum absolute atomic E-state index is 0.120. The number of carbonyl (C=O) groups excluding carboxylic acids is 1. The summed E-state index contributed by atoms with van der Waals surface area (Å²) in [7, 11) is 0. The lowest BCUT2D eigenvalue weighted by Crippen LogP contribution is -2.35. The number of hydrogen-bond acceptors (Lipinski definition) is 5. The lowest BCUT2D eigenvalue weighted by Gasteiger charge is -2.25. The standard InChI is InChI=1S/C17H24N4OS/c1-3-21(15-7-5-4-6-13(15)2)11-10-19-17(22)14-12-23-16(20-14)8-9-18/h4-7,12H,3,8-11,18H2,1-2H3,(H,19,22). The number of aryl methyl sites for hydroxylation is 1. The summed E-state index contributed by atoms with van der Waals surface area (Å²) in [4.78, 5) is 18.7. The van der Waals surface area contributed by atoms with E-state index < -0.39 is 0 Å². The number of thiazole rings is 1. The highest BCUT2D eigenvalue weighted by Crippen LogP contribution is 2.18. The van der Waals surface area contributed by atoms with Crippen LogP contribution in [0.5, 0.6) is 0 Å². The van der Waals surface area contributed by atoms with E-state index in [0.717, 1.165) is 24.5 Å². The molecule has 5 nitrogen and oxygen atoms in total. The van der Waals surface area contributed by atoms with Crippen molar-refractivity contribution in [1.82, 2.24) is 10.3 Å². The van der Waals surface area contributed by atoms with E-state index in [1.165, 1.54) is 22.6 Å². The van der Waals surface area contributed by atoms with Crippen molar-refractivity contribution in [3.05, 3.63) is 45.9 Å². The van der Waals surface area contributed by atoms with Gasteiger partial charge in [0, 0.05) is 37.1 Å². The molecular formula is C17H24N4OS. The number of amides is 1. The molecule has 1 aromatic heterocycles. The minimum atomic E-state index is -0.120. The summed E-state index contributed by atoms with van der Waals surface area (Å²) in [5.74, 6) is -0.120. The molecule has 0 saturated carbocycles. The Balaban J connectivity index is 1.87. The molecule has 1 amide bonds. The Morgan fingerprint density at radius 3 is 2.87 bits per heavy atom. The Hall–Kier alpha value is -1.92. The molecule has 2 rings (SSSR count). The Labute approximate surface area is 141 Å². The molecule has 0 spiro atoms. The molecule has 0 aliphatic heterocycles. The molecular weight excluding hydrogens is 308 g/mol. The van der Waals surface area contributed by atoms with Gasteiger partial charge in [-0.25, -0.2) is 4.98 Å². The highest BCUT2D eigenvalue weighted by molar-refractivity contribution is 7.09. The van der Waals surface area contributed by atoms with Crippen LogP contribution >= 0.6 is 11.3 Å². The number of rotatable bonds is 8. The van der Waals surface area contributed by atoms with Crippen LogP contribution in [0.2, 0.25) is 0 Å². The van der Waals surface area contributed by atoms with Crippen LogP contribution in [0.1, 0.15) is 28.0 Å². The summed E-state index contributed by atoms with van der Waals surface area (Å²) in [6.07, 6.45) is 0.717. The molecule has 1 heterocycles. The SMILES string of the molecule is CCN(CCNC(=O)c1csc(CCN)n1)c1ccccc1C. The second-order valence-electron chi connectivity index (χ2n) is 5.29. The van der Waals surface area contributed by atoms with Crippen molar-refractivity contribution in [2.75, 3.05) is 31.1 Å². The fraction of sp³-hybridized carbons (Fsp3) is 0.412. The van der Waals surface area contributed by atoms with Gasteiger partial charge < -0.3 is 16.0 Å². The predicted octanol–water partition coefficient (Wildman–Crippen LogP) is 2.21. The van der Waals surface area contributed by atoms with Crippen molar-refractivity contribution < 1.29 is 4.79 Å². The van der Waals surface area contributed by atoms with Crippen molar-refractivity contribution in [3.8, 4) is 0 Å². The maximum atomic E-state index is 12.1. The van der Waals surface area contributed by atoms with Crippen LogP contribution < -0.4 is 16.0 Å². The van der Waals surface area contributed by atoms with Gasteiger partial charge in [-0.15, -0.1) is 11.3 Å². The Morgan fingerprint density at radius 1 is 1.39 bits per heavy atom. The van der Waals surface area contributed by atoms with Gasteiger partial charge in [-0.2, -0.15) is 0 Å². The second-order valence-corrected chi connectivity index (χ2v) is 6.23. The molecule has 2 aromatic rings. The van der Waals surface area contributed by atoms with E-state index >= 15 is 0 Å². The van der Waals surface area contributed by atoms with Crippen molar-refractivity contribution in [2.24, 2.45) is 5.73 Å². The molecule has 0 unspecified atom stereocenters. The quantitative estimate of drug-likeness (QED) is 0.777. The number of hydrogen-bond donors (Lipinski definition) is 2. The summed E-state index contributed by atoms with van der Waals surface area (Å²) >= 11 is 1.48. The van der Waals surface area contributed by atoms with Crippen LogP contribution in [0.4, 0.5) is 5.69 Å². The molecule has 23 heavy (non-hydrogen) atoms. The van der Waals surface area contributed by atoms with Crippen LogP contribution in [-0.4, -0.2) is 37.1 Å². The van der Waals surface area contributed by atoms with Gasteiger partial charge >= 0.3 is 0 Å². The van der Waals surface area contributed by atoms with E-state index in [4.69, 9.17) is 5.73 Å². The number of nitrogens with one attached hydrogen (secondary N) is 1. The first-order chi connectivity index (χ1) is 11.2. The number of likely N-dealkylation sites (N-methyl/N-ethyl adjacent to an activating group) is 1. The van der Waals surface area contributed by atoms with Crippen molar-refractivity contribution in [3.63, 3.8) is 0 Å². The predicted molar refractivity (Wildman–Crippen MR) is 96.3 cm³/mol. The molecule has 6 heteroatoms. The van der Waals surface area contributed by atoms with Gasteiger partial charge in [0.1, 0.15) is 5.69 Å². The second kappa shape index (κ2) is 8.64. The fourth-order valence-electron chi connectivity index (χ4n) is 2.42. The molecule has 124 valence electrons. The highest BCUT2D eigenvalue weighted by Gasteiger charge is 2.11. The third-order valence-electron chi connectivity index (χ3n) is 3.65. The van der Waals surface area contributed by atoms with Gasteiger partial charge in [0.2, 0.25) is 0 Å². The van der Waals surface area contributed by atoms with Gasteiger partial charge in [-0.3, -0.25) is 4.79 Å². The molecule has 0 saturated heterocycles. The Morgan fingerprint density at radius 2 is 2.17 bits per heavy atom. The van der Waals surface area contributed by atoms with E-state index in [0.29, 0.717) is 18.8 Å². The fourth-order valence-corrected chi connectivity index (χ4v) is 3.21. The molecule has 1 aromatic carbocycles. The van der Waals surface area contributed by atoms with Gasteiger partial charge in [0.05, 0.1) is 5.01 Å². The summed E-state index contributed by atoms with van der Waals surface area (Å²) in [5.41, 5.74) is 8.44. The lowest BCUT2D eigenvalue weighted by molar-refractivity contribution is 0.0950. The number of nitrogens with zero attached hydrogens (tertiary/aromatic N) is 2. The lowest BCUT2D eigenvalue weighted by atomic mass is 10.2. The van der Waals surface area contributed by atoms with Gasteiger partial charge in [-0.05, 0) is 32.0 Å². The largest absolute Gasteiger partial charge is 0.370 e. The first kappa shape index (κ1) is 17.4. The summed E-state index contributed by atoms with van der Waals surface area (Å²) < 4.78 is 0. The number of anilines is 1. The topological polar surface area (TPSA) is 71.2 Å². The Bertz CT molecular complexity index is 641. The van der Waals surface area contributed by atoms with Crippen LogP contribution in [0.3, 0.4) is 0 Å². The zero-order chi connectivity index (χ0) is 16.7. The third-order valence-corrected chi connectivity index (χ3v) is 4.56. The van der Waals surface area contributed by atoms with Crippen molar-refractivity contribution in [2.45, 2.75) is 20.3 Å². The molecule has 0 aliphatic carbocycles. The van der Waals surface area contributed by atoms with Crippen LogP contribution in [0, 0.1) is 6.92 Å². The number of nitrogens with two attached hydrogens (primary N) is 1. The van der Waals surface area contributed by atoms with Gasteiger partial charge in [0.15, 0.2) is 0 Å². The Kier molecular flexibility index (Phi) is 6.55. The third kappa shape index (κ3) is 4.77. The first-order valence-electron chi connectivity index (χ1n) is 7.89. The normalized spacial score (nSPS) is 10.6. The van der Waals surface area contributed by atoms with E-state index in [2.05, 4.69) is 41.2 Å². The molecule has 0 aliphatic rings. The molecule has 0 fully saturated rings. The first-order valence-corrected chi connectivity index (χ1v) is 8.77. The zero-order valence-corrected chi connectivity index (χ0v) is 14.5. The number of aromatic nitrogens is 1. The summed E-state index contributed by atoms with van der Waals surface area (Å²) in [5, 5.41) is 5.64. The van der Waals surface area contributed by atoms with Gasteiger partial charge in [0.25, 0.3) is 5.91 Å². The van der Waals surface area contributed by atoms with Crippen molar-refractivity contribution >= 4 is 22.9 Å². The molecule has 0 radical (unpaired) electrons. The summed E-state index contributed by atoms with van der Waals surface area (Å²) in [6, 6.07) is 8.29. The zero-order valence-electron chi connectivity index (χ0n) is 13.7. The van der Waals surface area contributed by atoms with Crippen molar-refractivity contribution in [1.29, 1.82) is 0 Å². The van der Waals surface area contributed by atoms with E-state index in [-0.39, 0.29) is 5.91 Å². The maximum absolute atomic E-state index is 12.1. The highest BCUT2D eigenvalue weighted by atomic mass is 32.1. The monoisotopic (exact) mass is 332 g/mol. The van der Waals surface area contributed by atoms with Crippen LogP contribution in [0.25, 0.3) is 0 Å². The van der Waals surface area contributed by atoms with Gasteiger partial charge in [-0.1, -0.05) is 18.2 Å². The molecule has 0 atom stereocenters. The number of carbonyl (C=O) groups is 1. The molecule has 0 bridgehead atoms. The van der Waals surface area contributed by atoms with Crippen LogP contribution in [-0.2, 0) is 6.42 Å². The maximum Gasteiger partial charge on any atom is 0.270 e. The summed E-state index contributed by atoms with van der Waals surface area (Å²) in [6.45, 7) is 7.03. The number of para-hydroxylation sites is 1. The minimum Gasteiger partial charge on any atom is -0.370 e. The smallest absolute Gasteiger partial charge is 0.270 e. The van der Waals surface area contributed by atoms with Crippen LogP contribution in [0.15, 0.2) is 29.6 Å². The number of benzene rings is 1. The average Bonchev–Trinajstić information content (AvgIpc) is 3.01. The molecule has 3 N–H and O–H groups in total.